The van der Waals surface area contributed by atoms with E-state index in [9.17, 15) is 0 Å². The molecular formula is C26H39IN6. The van der Waals surface area contributed by atoms with E-state index in [-0.39, 0.29) is 24.0 Å². The molecule has 3 N–H and O–H groups in total. The Morgan fingerprint density at radius 2 is 1.67 bits per heavy atom. The van der Waals surface area contributed by atoms with E-state index < -0.39 is 0 Å². The summed E-state index contributed by atoms with van der Waals surface area (Å²) in [5, 5.41) is 3.35. The van der Waals surface area contributed by atoms with Crippen molar-refractivity contribution in [3.8, 4) is 0 Å². The zero-order chi connectivity index (χ0) is 22.2. The molecule has 0 amide bonds. The quantitative estimate of drug-likeness (QED) is 0.293. The first-order valence-corrected chi connectivity index (χ1v) is 12.1. The Kier molecular flexibility index (Phi) is 10.3. The molecule has 0 aromatic heterocycles. The van der Waals surface area contributed by atoms with Crippen molar-refractivity contribution >= 4 is 35.6 Å². The summed E-state index contributed by atoms with van der Waals surface area (Å²) in [6.07, 6.45) is 2.53. The van der Waals surface area contributed by atoms with E-state index in [2.05, 4.69) is 86.5 Å². The van der Waals surface area contributed by atoms with Gasteiger partial charge in [-0.05, 0) is 49.2 Å². The minimum Gasteiger partial charge on any atom is -0.370 e. The molecule has 1 atom stereocenters. The maximum absolute atomic E-state index is 6.20. The Morgan fingerprint density at radius 3 is 2.39 bits per heavy atom. The van der Waals surface area contributed by atoms with E-state index in [0.29, 0.717) is 18.5 Å². The summed E-state index contributed by atoms with van der Waals surface area (Å²) in [6, 6.07) is 19.9. The highest BCUT2D eigenvalue weighted by atomic mass is 127. The van der Waals surface area contributed by atoms with Gasteiger partial charge in [-0.15, -0.1) is 24.0 Å². The molecule has 2 heterocycles. The lowest BCUT2D eigenvalue weighted by Crippen LogP contribution is -2.46. The van der Waals surface area contributed by atoms with Crippen LogP contribution in [0.15, 0.2) is 59.6 Å². The van der Waals surface area contributed by atoms with Crippen molar-refractivity contribution in [3.63, 3.8) is 0 Å². The van der Waals surface area contributed by atoms with Crippen LogP contribution in [0.1, 0.15) is 30.9 Å². The molecule has 0 spiro atoms. The van der Waals surface area contributed by atoms with Crippen LogP contribution in [0.25, 0.3) is 0 Å². The number of para-hydroxylation sites is 1. The first kappa shape index (κ1) is 25.8. The highest BCUT2D eigenvalue weighted by Gasteiger charge is 2.22. The maximum atomic E-state index is 6.20. The Balaban J connectivity index is 0.00000306. The minimum absolute atomic E-state index is 0. The molecule has 2 aliphatic rings. The second kappa shape index (κ2) is 13.2. The third-order valence-electron chi connectivity index (χ3n) is 6.85. The molecule has 0 aliphatic carbocycles. The predicted octanol–water partition coefficient (Wildman–Crippen LogP) is 3.52. The molecule has 0 radical (unpaired) electrons. The average molecular weight is 563 g/mol. The van der Waals surface area contributed by atoms with E-state index in [1.165, 1.54) is 36.2 Å². The van der Waals surface area contributed by atoms with Crippen LogP contribution in [0.5, 0.6) is 0 Å². The third-order valence-corrected chi connectivity index (χ3v) is 6.85. The van der Waals surface area contributed by atoms with E-state index >= 15 is 0 Å². The maximum Gasteiger partial charge on any atom is 0.188 e. The Labute approximate surface area is 216 Å². The van der Waals surface area contributed by atoms with E-state index in [0.717, 1.165) is 45.8 Å². The summed E-state index contributed by atoms with van der Waals surface area (Å²) in [5.41, 5.74) is 10.1. The predicted molar refractivity (Wildman–Crippen MR) is 149 cm³/mol. The fourth-order valence-electron chi connectivity index (χ4n) is 4.90. The number of halogens is 1. The van der Waals surface area contributed by atoms with Gasteiger partial charge in [-0.25, -0.2) is 4.99 Å². The normalized spacial score (nSPS) is 20.0. The molecule has 2 aliphatic heterocycles. The largest absolute Gasteiger partial charge is 0.370 e. The number of nitrogens with zero attached hydrogens (tertiary/aromatic N) is 4. The lowest BCUT2D eigenvalue weighted by atomic mass is 10.1. The second-order valence-corrected chi connectivity index (χ2v) is 8.87. The van der Waals surface area contributed by atoms with Crippen LogP contribution in [-0.4, -0.2) is 67.6 Å². The van der Waals surface area contributed by atoms with Crippen LogP contribution in [0, 0.1) is 0 Å². The molecule has 6 nitrogen and oxygen atoms in total. The van der Waals surface area contributed by atoms with Gasteiger partial charge in [0.05, 0.1) is 6.54 Å². The van der Waals surface area contributed by atoms with Gasteiger partial charge in [0.25, 0.3) is 0 Å². The van der Waals surface area contributed by atoms with Gasteiger partial charge in [0, 0.05) is 51.0 Å². The number of nitrogens with one attached hydrogen (secondary N) is 1. The molecule has 2 aromatic carbocycles. The number of benzene rings is 2. The molecule has 2 saturated heterocycles. The first-order chi connectivity index (χ1) is 15.7. The van der Waals surface area contributed by atoms with E-state index in [1.54, 1.807) is 0 Å². The Bertz CT molecular complexity index is 866. The number of aliphatic imine (C=N–C) groups is 1. The number of rotatable bonds is 8. The highest BCUT2D eigenvalue weighted by molar-refractivity contribution is 14.0. The Hall–Kier alpha value is -1.84. The van der Waals surface area contributed by atoms with Crippen LogP contribution in [-0.2, 0) is 13.1 Å². The highest BCUT2D eigenvalue weighted by Crippen LogP contribution is 2.19. The number of anilines is 1. The molecule has 7 heteroatoms. The van der Waals surface area contributed by atoms with Gasteiger partial charge in [-0.1, -0.05) is 49.4 Å². The fraction of sp³-hybridized carbons (Fsp3) is 0.500. The van der Waals surface area contributed by atoms with Gasteiger partial charge in [0.2, 0.25) is 0 Å². The molecule has 180 valence electrons. The first-order valence-electron chi connectivity index (χ1n) is 12.1. The monoisotopic (exact) mass is 562 g/mol. The van der Waals surface area contributed by atoms with Crippen molar-refractivity contribution in [1.29, 1.82) is 0 Å². The Morgan fingerprint density at radius 1 is 0.970 bits per heavy atom. The molecule has 0 saturated carbocycles. The summed E-state index contributed by atoms with van der Waals surface area (Å²) < 4.78 is 0. The molecular weight excluding hydrogens is 523 g/mol. The lowest BCUT2D eigenvalue weighted by Gasteiger charge is -2.36. The molecule has 1 unspecified atom stereocenters. The molecule has 4 rings (SSSR count). The van der Waals surface area contributed by atoms with E-state index in [4.69, 9.17) is 5.73 Å². The van der Waals surface area contributed by atoms with Crippen molar-refractivity contribution in [3.05, 3.63) is 65.7 Å². The van der Waals surface area contributed by atoms with Gasteiger partial charge in [-0.3, -0.25) is 9.80 Å². The summed E-state index contributed by atoms with van der Waals surface area (Å²) in [7, 11) is 0. The zero-order valence-corrected chi connectivity index (χ0v) is 22.2. The number of hydrogen-bond acceptors (Lipinski definition) is 4. The number of hydrogen-bond donors (Lipinski definition) is 2. The lowest BCUT2D eigenvalue weighted by molar-refractivity contribution is 0.249. The van der Waals surface area contributed by atoms with Crippen molar-refractivity contribution < 1.29 is 0 Å². The molecule has 33 heavy (non-hydrogen) atoms. The summed E-state index contributed by atoms with van der Waals surface area (Å²) >= 11 is 0. The smallest absolute Gasteiger partial charge is 0.188 e. The van der Waals surface area contributed by atoms with Crippen molar-refractivity contribution in [1.82, 2.24) is 15.1 Å². The molecule has 2 aromatic rings. The average Bonchev–Trinajstić information content (AvgIpc) is 3.31. The summed E-state index contributed by atoms with van der Waals surface area (Å²) in [6.45, 7) is 11.3. The number of likely N-dealkylation sites (N-methyl/N-ethyl adjacent to an activating group) is 1. The number of piperazine rings is 1. The van der Waals surface area contributed by atoms with Crippen molar-refractivity contribution in [2.45, 2.75) is 38.9 Å². The van der Waals surface area contributed by atoms with Crippen molar-refractivity contribution in [2.75, 3.05) is 50.7 Å². The van der Waals surface area contributed by atoms with Crippen LogP contribution in [0.2, 0.25) is 0 Å². The van der Waals surface area contributed by atoms with Gasteiger partial charge in [-0.2, -0.15) is 0 Å². The fourth-order valence-corrected chi connectivity index (χ4v) is 4.90. The van der Waals surface area contributed by atoms with Gasteiger partial charge in [0.15, 0.2) is 5.96 Å². The standard InChI is InChI=1S/C26H38N6.HI/c1-2-31-14-8-13-25(31)20-29-26(27)28-19-22-9-6-7-10-23(22)21-30-15-17-32(18-16-30)24-11-4-3-5-12-24;/h3-7,9-12,25H,2,8,13-21H2,1H3,(H3,27,28,29);1H. The van der Waals surface area contributed by atoms with E-state index in [1.807, 2.05) is 0 Å². The number of guanidine groups is 1. The summed E-state index contributed by atoms with van der Waals surface area (Å²) in [4.78, 5) is 12.2. The van der Waals surface area contributed by atoms with Crippen LogP contribution in [0.3, 0.4) is 0 Å². The SMILES string of the molecule is CCN1CCCC1CNC(N)=NCc1ccccc1CN1CCN(c2ccccc2)CC1.I. The van der Waals surface area contributed by atoms with Gasteiger partial charge >= 0.3 is 0 Å². The van der Waals surface area contributed by atoms with Crippen molar-refractivity contribution in [2.24, 2.45) is 10.7 Å². The van der Waals surface area contributed by atoms with Gasteiger partial charge < -0.3 is 16.0 Å². The van der Waals surface area contributed by atoms with Crippen LogP contribution < -0.4 is 16.0 Å². The van der Waals surface area contributed by atoms with Crippen LogP contribution >= 0.6 is 24.0 Å². The third kappa shape index (κ3) is 7.32. The van der Waals surface area contributed by atoms with Crippen LogP contribution in [0.4, 0.5) is 5.69 Å². The zero-order valence-electron chi connectivity index (χ0n) is 19.8. The van der Waals surface area contributed by atoms with Gasteiger partial charge in [0.1, 0.15) is 0 Å². The molecule has 2 fully saturated rings. The second-order valence-electron chi connectivity index (χ2n) is 8.87. The topological polar surface area (TPSA) is 60.1 Å². The minimum atomic E-state index is 0. The molecule has 0 bridgehead atoms. The number of nitrogens with two attached hydrogens (primary N) is 1. The number of likely N-dealkylation sites (tertiary alicyclic amines) is 1. The summed E-state index contributed by atoms with van der Waals surface area (Å²) in [5.74, 6) is 0.555.